The maximum absolute atomic E-state index is 9.74. The van der Waals surface area contributed by atoms with Crippen molar-refractivity contribution in [3.05, 3.63) is 62.0 Å². The van der Waals surface area contributed by atoms with Gasteiger partial charge >= 0.3 is 0 Å². The van der Waals surface area contributed by atoms with E-state index in [0.717, 1.165) is 15.6 Å². The van der Waals surface area contributed by atoms with E-state index in [9.17, 15) is 5.11 Å². The van der Waals surface area contributed by atoms with Crippen LogP contribution in [0.25, 0.3) is 0 Å². The summed E-state index contributed by atoms with van der Waals surface area (Å²) in [6.07, 6.45) is -0.598. The number of hydrogen-bond donors (Lipinski definition) is 1. The van der Waals surface area contributed by atoms with Gasteiger partial charge in [-0.15, -0.1) is 0 Å². The summed E-state index contributed by atoms with van der Waals surface area (Å²) in [5.74, 6) is 0.625. The molecule has 0 aliphatic rings. The number of aliphatic hydroxyl groups is 1. The molecular formula is C15H13BrCl2O2. The van der Waals surface area contributed by atoms with Gasteiger partial charge in [0.1, 0.15) is 12.4 Å². The Labute approximate surface area is 136 Å². The number of hydrogen-bond acceptors (Lipinski definition) is 2. The van der Waals surface area contributed by atoms with E-state index >= 15 is 0 Å². The Kier molecular flexibility index (Phi) is 5.33. The van der Waals surface area contributed by atoms with E-state index < -0.39 is 6.10 Å². The van der Waals surface area contributed by atoms with Crippen molar-refractivity contribution in [3.63, 3.8) is 0 Å². The summed E-state index contributed by atoms with van der Waals surface area (Å²) in [7, 11) is 0. The third-order valence-electron chi connectivity index (χ3n) is 2.82. The van der Waals surface area contributed by atoms with Crippen LogP contribution in [0.5, 0.6) is 5.75 Å². The van der Waals surface area contributed by atoms with E-state index in [-0.39, 0.29) is 0 Å². The second-order valence-electron chi connectivity index (χ2n) is 4.38. The average Bonchev–Trinajstić information content (AvgIpc) is 2.37. The highest BCUT2D eigenvalue weighted by Crippen LogP contribution is 2.30. The molecule has 1 atom stereocenters. The molecule has 20 heavy (non-hydrogen) atoms. The number of rotatable bonds is 4. The minimum absolute atomic E-state index is 0.312. The lowest BCUT2D eigenvalue weighted by atomic mass is 10.1. The standard InChI is InChI=1S/C15H13BrCl2O2/c1-9(19)13-5-3-11(16)6-15(13)20-8-10-2-4-12(17)7-14(10)18/h2-7,9,19H,8H2,1H3. The first-order valence-corrected chi connectivity index (χ1v) is 7.56. The summed E-state index contributed by atoms with van der Waals surface area (Å²) in [6.45, 7) is 2.01. The van der Waals surface area contributed by atoms with Gasteiger partial charge in [0.05, 0.1) is 6.10 Å². The predicted octanol–water partition coefficient (Wildman–Crippen LogP) is 5.39. The number of benzene rings is 2. The highest BCUT2D eigenvalue weighted by atomic mass is 79.9. The van der Waals surface area contributed by atoms with Crippen molar-refractivity contribution in [2.75, 3.05) is 0 Å². The summed E-state index contributed by atoms with van der Waals surface area (Å²) in [6, 6.07) is 10.8. The number of halogens is 3. The Bertz CT molecular complexity index is 615. The van der Waals surface area contributed by atoms with Gasteiger partial charge < -0.3 is 9.84 Å². The summed E-state index contributed by atoms with van der Waals surface area (Å²) in [5.41, 5.74) is 1.57. The highest BCUT2D eigenvalue weighted by molar-refractivity contribution is 9.10. The Morgan fingerprint density at radius 2 is 1.95 bits per heavy atom. The molecule has 0 aromatic heterocycles. The van der Waals surface area contributed by atoms with Crippen LogP contribution in [0.1, 0.15) is 24.2 Å². The van der Waals surface area contributed by atoms with Crippen molar-refractivity contribution in [2.45, 2.75) is 19.6 Å². The minimum Gasteiger partial charge on any atom is -0.488 e. The first-order chi connectivity index (χ1) is 9.47. The molecule has 2 aromatic carbocycles. The van der Waals surface area contributed by atoms with Crippen molar-refractivity contribution >= 4 is 39.1 Å². The molecule has 0 amide bonds. The second-order valence-corrected chi connectivity index (χ2v) is 6.14. The smallest absolute Gasteiger partial charge is 0.126 e. The van der Waals surface area contributed by atoms with E-state index in [1.807, 2.05) is 24.3 Å². The fourth-order valence-corrected chi connectivity index (χ4v) is 2.58. The molecular weight excluding hydrogens is 363 g/mol. The Balaban J connectivity index is 2.20. The molecule has 0 aliphatic heterocycles. The van der Waals surface area contributed by atoms with Crippen LogP contribution in [0.4, 0.5) is 0 Å². The van der Waals surface area contributed by atoms with Crippen LogP contribution in [-0.4, -0.2) is 5.11 Å². The second kappa shape index (κ2) is 6.81. The molecule has 2 aromatic rings. The average molecular weight is 376 g/mol. The van der Waals surface area contributed by atoms with Crippen molar-refractivity contribution < 1.29 is 9.84 Å². The van der Waals surface area contributed by atoms with Crippen LogP contribution in [0.15, 0.2) is 40.9 Å². The Morgan fingerprint density at radius 1 is 1.20 bits per heavy atom. The largest absolute Gasteiger partial charge is 0.488 e. The van der Waals surface area contributed by atoms with Crippen LogP contribution in [0.2, 0.25) is 10.0 Å². The third kappa shape index (κ3) is 3.89. The van der Waals surface area contributed by atoms with E-state index in [1.54, 1.807) is 19.1 Å². The molecule has 0 heterocycles. The van der Waals surface area contributed by atoms with Crippen molar-refractivity contribution in [2.24, 2.45) is 0 Å². The zero-order chi connectivity index (χ0) is 14.7. The molecule has 2 rings (SSSR count). The van der Waals surface area contributed by atoms with Gasteiger partial charge in [0.2, 0.25) is 0 Å². The van der Waals surface area contributed by atoms with E-state index in [2.05, 4.69) is 15.9 Å². The fraction of sp³-hybridized carbons (Fsp3) is 0.200. The maximum Gasteiger partial charge on any atom is 0.126 e. The first kappa shape index (κ1) is 15.6. The fourth-order valence-electron chi connectivity index (χ4n) is 1.77. The third-order valence-corrected chi connectivity index (χ3v) is 3.90. The maximum atomic E-state index is 9.74. The van der Waals surface area contributed by atoms with Crippen LogP contribution < -0.4 is 4.74 Å². The highest BCUT2D eigenvalue weighted by Gasteiger charge is 2.11. The number of ether oxygens (including phenoxy) is 1. The Hall–Kier alpha value is -0.740. The quantitative estimate of drug-likeness (QED) is 0.776. The van der Waals surface area contributed by atoms with Gasteiger partial charge in [-0.25, -0.2) is 0 Å². The molecule has 0 fully saturated rings. The molecule has 0 saturated heterocycles. The molecule has 0 saturated carbocycles. The van der Waals surface area contributed by atoms with Gasteiger partial charge in [-0.1, -0.05) is 51.3 Å². The van der Waals surface area contributed by atoms with Crippen molar-refractivity contribution in [1.29, 1.82) is 0 Å². The van der Waals surface area contributed by atoms with Crippen molar-refractivity contribution in [3.8, 4) is 5.75 Å². The Morgan fingerprint density at radius 3 is 2.60 bits per heavy atom. The first-order valence-electron chi connectivity index (χ1n) is 6.01. The van der Waals surface area contributed by atoms with Crippen molar-refractivity contribution in [1.82, 2.24) is 0 Å². The van der Waals surface area contributed by atoms with Gasteiger partial charge in [0.25, 0.3) is 0 Å². The van der Waals surface area contributed by atoms with Gasteiger partial charge in [-0.2, -0.15) is 0 Å². The molecule has 1 N–H and O–H groups in total. The molecule has 106 valence electrons. The van der Waals surface area contributed by atoms with Crippen LogP contribution in [-0.2, 0) is 6.61 Å². The lowest BCUT2D eigenvalue weighted by Crippen LogP contribution is -2.01. The zero-order valence-corrected chi connectivity index (χ0v) is 13.8. The summed E-state index contributed by atoms with van der Waals surface area (Å²) < 4.78 is 6.66. The molecule has 0 spiro atoms. The van der Waals surface area contributed by atoms with Crippen LogP contribution >= 0.6 is 39.1 Å². The van der Waals surface area contributed by atoms with E-state index in [1.165, 1.54) is 0 Å². The molecule has 0 aliphatic carbocycles. The van der Waals surface area contributed by atoms with Gasteiger partial charge in [-0.05, 0) is 31.2 Å². The molecule has 2 nitrogen and oxygen atoms in total. The molecule has 5 heteroatoms. The molecule has 0 radical (unpaired) electrons. The summed E-state index contributed by atoms with van der Waals surface area (Å²) >= 11 is 15.4. The predicted molar refractivity (Wildman–Crippen MR) is 85.6 cm³/mol. The monoisotopic (exact) mass is 374 g/mol. The SMILES string of the molecule is CC(O)c1ccc(Br)cc1OCc1ccc(Cl)cc1Cl. The topological polar surface area (TPSA) is 29.5 Å². The number of aliphatic hydroxyl groups excluding tert-OH is 1. The van der Waals surface area contributed by atoms with E-state index in [0.29, 0.717) is 22.4 Å². The van der Waals surface area contributed by atoms with Gasteiger partial charge in [-0.3, -0.25) is 0 Å². The molecule has 1 unspecified atom stereocenters. The lowest BCUT2D eigenvalue weighted by Gasteiger charge is -2.14. The minimum atomic E-state index is -0.598. The van der Waals surface area contributed by atoms with Crippen LogP contribution in [0, 0.1) is 0 Å². The molecule has 0 bridgehead atoms. The summed E-state index contributed by atoms with van der Waals surface area (Å²) in [4.78, 5) is 0. The zero-order valence-electron chi connectivity index (χ0n) is 10.7. The van der Waals surface area contributed by atoms with Gasteiger partial charge in [0.15, 0.2) is 0 Å². The van der Waals surface area contributed by atoms with Gasteiger partial charge in [0, 0.05) is 25.6 Å². The summed E-state index contributed by atoms with van der Waals surface area (Å²) in [5, 5.41) is 10.9. The normalized spacial score (nSPS) is 12.2. The van der Waals surface area contributed by atoms with Crippen LogP contribution in [0.3, 0.4) is 0 Å². The van der Waals surface area contributed by atoms with E-state index in [4.69, 9.17) is 27.9 Å². The lowest BCUT2D eigenvalue weighted by molar-refractivity contribution is 0.190.